The molecule has 0 atom stereocenters. The van der Waals surface area contributed by atoms with E-state index in [4.69, 9.17) is 11.6 Å². The highest BCUT2D eigenvalue weighted by Gasteiger charge is 2.24. The number of rotatable bonds is 8. The van der Waals surface area contributed by atoms with Crippen LogP contribution in [0.2, 0.25) is 5.02 Å². The lowest BCUT2D eigenvalue weighted by atomic mass is 9.86. The molecule has 0 unspecified atom stereocenters. The van der Waals surface area contributed by atoms with Gasteiger partial charge in [-0.05, 0) is 106 Å². The maximum absolute atomic E-state index is 7.61. The summed E-state index contributed by atoms with van der Waals surface area (Å²) in [6, 6.07) is 51.9. The first-order valence-electron chi connectivity index (χ1n) is 18.2. The van der Waals surface area contributed by atoms with Gasteiger partial charge in [-0.3, -0.25) is 0 Å². The van der Waals surface area contributed by atoms with E-state index in [1.165, 1.54) is 16.7 Å². The number of benzene rings is 6. The summed E-state index contributed by atoms with van der Waals surface area (Å²) in [4.78, 5) is 4.57. The van der Waals surface area contributed by atoms with Gasteiger partial charge in [0.1, 0.15) is 0 Å². The lowest BCUT2D eigenvalue weighted by molar-refractivity contribution is 0.590. The number of nitrogens with one attached hydrogen (secondary N) is 1. The fourth-order valence-corrected chi connectivity index (χ4v) is 6.68. The molecule has 0 aliphatic heterocycles. The zero-order valence-corrected chi connectivity index (χ0v) is 32.9. The van der Waals surface area contributed by atoms with E-state index < -0.39 is 0 Å². The van der Waals surface area contributed by atoms with Gasteiger partial charge in [-0.15, -0.1) is 0 Å². The highest BCUT2D eigenvalue weighted by Crippen LogP contribution is 2.48. The fourth-order valence-electron chi connectivity index (χ4n) is 6.44. The molecule has 0 aliphatic rings. The molecule has 3 nitrogen and oxygen atoms in total. The number of nitrogens with zero attached hydrogens (tertiary/aromatic N) is 2. The Hall–Kier alpha value is -4.99. The van der Waals surface area contributed by atoms with Crippen molar-refractivity contribution in [2.45, 2.75) is 78.6 Å². The summed E-state index contributed by atoms with van der Waals surface area (Å²) in [6.07, 6.45) is 0. The average Bonchev–Trinajstić information content (AvgIpc) is 3.11. The quantitative estimate of drug-likeness (QED) is 0.170. The second-order valence-corrected chi connectivity index (χ2v) is 17.1. The van der Waals surface area contributed by atoms with E-state index in [2.05, 4.69) is 223 Å². The molecule has 4 heteroatoms. The van der Waals surface area contributed by atoms with E-state index in [1.54, 1.807) is 0 Å². The number of para-hydroxylation sites is 2. The van der Waals surface area contributed by atoms with Gasteiger partial charge in [0.05, 0.1) is 22.1 Å². The van der Waals surface area contributed by atoms with Crippen LogP contribution < -0.4 is 15.1 Å². The van der Waals surface area contributed by atoms with Crippen molar-refractivity contribution in [3.8, 4) is 0 Å². The third kappa shape index (κ3) is 8.22. The van der Waals surface area contributed by atoms with Gasteiger partial charge in [-0.1, -0.05) is 147 Å². The molecule has 0 amide bonds. The SMILES string of the molecule is CC(C)(C)c1ccc(Nc2cc(N(c3ccccc3)c3ccccc3)cc(N(c3ccc(C(C)(C)C)cc3)c3ccc(C(C)(C)C)cc3)c2Cl)cc1. The molecule has 0 heterocycles. The predicted molar refractivity (Wildman–Crippen MR) is 227 cm³/mol. The van der Waals surface area contributed by atoms with Gasteiger partial charge in [0.25, 0.3) is 0 Å². The van der Waals surface area contributed by atoms with Crippen LogP contribution in [0.3, 0.4) is 0 Å². The first-order chi connectivity index (χ1) is 24.6. The molecule has 0 aliphatic carbocycles. The average molecular weight is 706 g/mol. The van der Waals surface area contributed by atoms with Gasteiger partial charge in [-0.25, -0.2) is 0 Å². The van der Waals surface area contributed by atoms with Crippen molar-refractivity contribution >= 4 is 57.1 Å². The largest absolute Gasteiger partial charge is 0.354 e. The lowest BCUT2D eigenvalue weighted by Crippen LogP contribution is -2.16. The summed E-state index contributed by atoms with van der Waals surface area (Å²) in [5.41, 5.74) is 11.8. The molecular weight excluding hydrogens is 654 g/mol. The molecule has 0 aromatic heterocycles. The lowest BCUT2D eigenvalue weighted by Gasteiger charge is -2.32. The van der Waals surface area contributed by atoms with E-state index in [9.17, 15) is 0 Å². The van der Waals surface area contributed by atoms with Gasteiger partial charge >= 0.3 is 0 Å². The molecule has 52 heavy (non-hydrogen) atoms. The van der Waals surface area contributed by atoms with E-state index in [-0.39, 0.29) is 16.2 Å². The topological polar surface area (TPSA) is 18.5 Å². The molecule has 6 aromatic carbocycles. The number of halogens is 1. The maximum Gasteiger partial charge on any atom is 0.0882 e. The number of anilines is 8. The van der Waals surface area contributed by atoms with Crippen molar-refractivity contribution in [1.82, 2.24) is 0 Å². The Balaban J connectivity index is 1.60. The van der Waals surface area contributed by atoms with Crippen LogP contribution in [-0.4, -0.2) is 0 Å². The van der Waals surface area contributed by atoms with Gasteiger partial charge in [0.2, 0.25) is 0 Å². The van der Waals surface area contributed by atoms with Crippen LogP contribution in [0, 0.1) is 0 Å². The third-order valence-electron chi connectivity index (χ3n) is 9.58. The molecule has 0 fully saturated rings. The highest BCUT2D eigenvalue weighted by molar-refractivity contribution is 6.36. The summed E-state index contributed by atoms with van der Waals surface area (Å²) in [5.74, 6) is 0. The minimum absolute atomic E-state index is 0.0285. The molecule has 0 radical (unpaired) electrons. The molecule has 0 saturated carbocycles. The zero-order valence-electron chi connectivity index (χ0n) is 32.1. The highest BCUT2D eigenvalue weighted by atomic mass is 35.5. The van der Waals surface area contributed by atoms with Gasteiger partial charge < -0.3 is 15.1 Å². The van der Waals surface area contributed by atoms with Gasteiger partial charge in [0.15, 0.2) is 0 Å². The molecule has 0 saturated heterocycles. The zero-order chi connectivity index (χ0) is 37.3. The Morgan fingerprint density at radius 3 is 1.15 bits per heavy atom. The molecule has 266 valence electrons. The maximum atomic E-state index is 7.61. The number of hydrogen-bond acceptors (Lipinski definition) is 3. The minimum atomic E-state index is 0.0285. The van der Waals surface area contributed by atoms with Crippen LogP contribution in [0.1, 0.15) is 79.0 Å². The summed E-state index contributed by atoms with van der Waals surface area (Å²) in [7, 11) is 0. The van der Waals surface area contributed by atoms with Gasteiger partial charge in [0, 0.05) is 28.4 Å². The Kier molecular flexibility index (Phi) is 10.3. The molecule has 6 aromatic rings. The molecule has 1 N–H and O–H groups in total. The van der Waals surface area contributed by atoms with Crippen molar-refractivity contribution in [3.05, 3.63) is 167 Å². The van der Waals surface area contributed by atoms with E-state index in [0.717, 1.165) is 45.5 Å². The van der Waals surface area contributed by atoms with Crippen molar-refractivity contribution in [3.63, 3.8) is 0 Å². The second kappa shape index (κ2) is 14.6. The van der Waals surface area contributed by atoms with E-state index in [0.29, 0.717) is 5.02 Å². The third-order valence-corrected chi connectivity index (χ3v) is 9.98. The molecule has 0 spiro atoms. The smallest absolute Gasteiger partial charge is 0.0882 e. The monoisotopic (exact) mass is 705 g/mol. The van der Waals surface area contributed by atoms with Crippen LogP contribution in [-0.2, 0) is 16.2 Å². The first-order valence-corrected chi connectivity index (χ1v) is 18.6. The molecule has 0 bridgehead atoms. The van der Waals surface area contributed by atoms with Crippen LogP contribution in [0.4, 0.5) is 45.5 Å². The van der Waals surface area contributed by atoms with Crippen molar-refractivity contribution < 1.29 is 0 Å². The molecule has 6 rings (SSSR count). The Bertz CT molecular complexity index is 1990. The summed E-state index contributed by atoms with van der Waals surface area (Å²) >= 11 is 7.61. The van der Waals surface area contributed by atoms with E-state index in [1.807, 2.05) is 0 Å². The van der Waals surface area contributed by atoms with E-state index >= 15 is 0 Å². The van der Waals surface area contributed by atoms with Crippen molar-refractivity contribution in [2.24, 2.45) is 0 Å². The second-order valence-electron chi connectivity index (χ2n) is 16.7. The fraction of sp³-hybridized carbons (Fsp3) is 0.250. The van der Waals surface area contributed by atoms with Crippen LogP contribution in [0.5, 0.6) is 0 Å². The summed E-state index contributed by atoms with van der Waals surface area (Å²) in [5, 5.41) is 4.35. The standard InChI is InChI=1S/C48H52ClN3/c1-46(2,3)34-20-26-37(27-21-34)50-43-32-42(51(38-16-12-10-13-17-38)39-18-14-11-15-19-39)33-44(45(43)49)52(40-28-22-35(23-29-40)47(4,5)6)41-30-24-36(25-31-41)48(7,8)9/h10-33,50H,1-9H3. The van der Waals surface area contributed by atoms with Gasteiger partial charge in [-0.2, -0.15) is 0 Å². The van der Waals surface area contributed by atoms with Crippen molar-refractivity contribution in [1.29, 1.82) is 0 Å². The minimum Gasteiger partial charge on any atom is -0.354 e. The normalized spacial score (nSPS) is 12.0. The summed E-state index contributed by atoms with van der Waals surface area (Å²) in [6.45, 7) is 20.2. The van der Waals surface area contributed by atoms with Crippen LogP contribution in [0.15, 0.2) is 146 Å². The first kappa shape index (κ1) is 36.8. The Morgan fingerprint density at radius 1 is 0.404 bits per heavy atom. The summed E-state index contributed by atoms with van der Waals surface area (Å²) < 4.78 is 0. The predicted octanol–water partition coefficient (Wildman–Crippen LogP) is 14.9. The van der Waals surface area contributed by atoms with Crippen molar-refractivity contribution in [2.75, 3.05) is 15.1 Å². The Labute approximate surface area is 316 Å². The molecular formula is C48H52ClN3. The Morgan fingerprint density at radius 2 is 0.769 bits per heavy atom. The van der Waals surface area contributed by atoms with Crippen LogP contribution in [0.25, 0.3) is 0 Å². The van der Waals surface area contributed by atoms with Crippen LogP contribution >= 0.6 is 11.6 Å². The number of hydrogen-bond donors (Lipinski definition) is 1.